The lowest BCUT2D eigenvalue weighted by molar-refractivity contribution is -0.230. The summed E-state index contributed by atoms with van der Waals surface area (Å²) in [5, 5.41) is 19.2. The van der Waals surface area contributed by atoms with Gasteiger partial charge >= 0.3 is 11.9 Å². The molecule has 7 nitrogen and oxygen atoms in total. The highest BCUT2D eigenvalue weighted by atomic mass is 16.7. The van der Waals surface area contributed by atoms with Crippen LogP contribution in [0, 0.1) is 0 Å². The lowest BCUT2D eigenvalue weighted by Crippen LogP contribution is -2.52. The van der Waals surface area contributed by atoms with Gasteiger partial charge in [-0.25, -0.2) is 9.59 Å². The molecule has 0 saturated carbocycles. The van der Waals surface area contributed by atoms with Crippen molar-refractivity contribution in [2.24, 2.45) is 0 Å². The van der Waals surface area contributed by atoms with Gasteiger partial charge in [-0.1, -0.05) is 0 Å². The Morgan fingerprint density at radius 1 is 1.50 bits per heavy atom. The van der Waals surface area contributed by atoms with Gasteiger partial charge in [0.05, 0.1) is 7.11 Å². The van der Waals surface area contributed by atoms with Gasteiger partial charge in [-0.05, 0) is 0 Å². The van der Waals surface area contributed by atoms with Gasteiger partial charge in [-0.2, -0.15) is 0 Å². The third kappa shape index (κ3) is 1.58. The highest BCUT2D eigenvalue weighted by Gasteiger charge is 2.48. The fourth-order valence-electron chi connectivity index (χ4n) is 1.69. The quantitative estimate of drug-likeness (QED) is 0.506. The van der Waals surface area contributed by atoms with Crippen LogP contribution < -0.4 is 0 Å². The lowest BCUT2D eigenvalue weighted by atomic mass is 9.96. The van der Waals surface area contributed by atoms with Crippen molar-refractivity contribution >= 4 is 11.9 Å². The molecule has 0 aromatic carbocycles. The Kier molecular flexibility index (Phi) is 2.66. The van der Waals surface area contributed by atoms with E-state index >= 15 is 0 Å². The number of fused-ring (bicyclic) bond motifs is 1. The molecule has 2 heterocycles. The van der Waals surface area contributed by atoms with Crippen molar-refractivity contribution in [2.45, 2.75) is 24.6 Å². The first kappa shape index (κ1) is 11.1. The van der Waals surface area contributed by atoms with Gasteiger partial charge < -0.3 is 24.4 Å². The zero-order valence-electron chi connectivity index (χ0n) is 8.32. The summed E-state index contributed by atoms with van der Waals surface area (Å²) in [6.45, 7) is 0. The number of aliphatic hydroxyl groups is 2. The number of ether oxygens (including phenoxy) is 3. The topological polar surface area (TPSA) is 102 Å². The predicted molar refractivity (Wildman–Crippen MR) is 46.9 cm³/mol. The number of aliphatic hydroxyl groups excluding tert-OH is 2. The van der Waals surface area contributed by atoms with Crippen molar-refractivity contribution in [3.63, 3.8) is 0 Å². The minimum Gasteiger partial charge on any atom is -0.467 e. The van der Waals surface area contributed by atoms with Gasteiger partial charge in [0.2, 0.25) is 0 Å². The molecule has 0 radical (unpaired) electrons. The van der Waals surface area contributed by atoms with Crippen molar-refractivity contribution in [1.82, 2.24) is 0 Å². The molecule has 0 spiro atoms. The molecule has 0 aromatic rings. The molecule has 0 amide bonds. The number of hydrogen-bond acceptors (Lipinski definition) is 7. The van der Waals surface area contributed by atoms with E-state index in [0.717, 1.165) is 13.2 Å². The van der Waals surface area contributed by atoms with Crippen LogP contribution in [0.5, 0.6) is 0 Å². The van der Waals surface area contributed by atoms with Crippen molar-refractivity contribution < 1.29 is 34.0 Å². The molecule has 1 unspecified atom stereocenters. The highest BCUT2D eigenvalue weighted by molar-refractivity contribution is 5.87. The standard InChI is InChI=1S/C9H10O7/c1-14-8(12)7-5(11)3-2-4(10)15-6(3)9(13)16-7/h2,5-7,9,11,13H,1H3/t5-,6+,7-,9?/m0/s1. The smallest absolute Gasteiger partial charge is 0.338 e. The van der Waals surface area contributed by atoms with Crippen LogP contribution in [0.2, 0.25) is 0 Å². The normalized spacial score (nSPS) is 37.4. The molecule has 4 atom stereocenters. The predicted octanol–water partition coefficient (Wildman–Crippen LogP) is -1.91. The van der Waals surface area contributed by atoms with E-state index in [0.29, 0.717) is 0 Å². The minimum absolute atomic E-state index is 0.124. The van der Waals surface area contributed by atoms with Crippen LogP contribution in [0.15, 0.2) is 11.6 Å². The summed E-state index contributed by atoms with van der Waals surface area (Å²) in [6.07, 6.45) is -4.20. The molecule has 2 aliphatic heterocycles. The number of carbonyl (C=O) groups is 2. The van der Waals surface area contributed by atoms with E-state index in [1.807, 2.05) is 0 Å². The fourth-order valence-corrected chi connectivity index (χ4v) is 1.69. The lowest BCUT2D eigenvalue weighted by Gasteiger charge is -2.34. The van der Waals surface area contributed by atoms with Crippen LogP contribution in [0.25, 0.3) is 0 Å². The molecule has 0 aromatic heterocycles. The summed E-state index contributed by atoms with van der Waals surface area (Å²) in [5.41, 5.74) is 0.124. The molecule has 16 heavy (non-hydrogen) atoms. The Balaban J connectivity index is 2.26. The molecule has 2 N–H and O–H groups in total. The van der Waals surface area contributed by atoms with E-state index in [9.17, 15) is 19.8 Å². The summed E-state index contributed by atoms with van der Waals surface area (Å²) in [7, 11) is 1.13. The van der Waals surface area contributed by atoms with Gasteiger partial charge in [0.15, 0.2) is 18.5 Å². The number of esters is 2. The SMILES string of the molecule is COC(=O)[C@H]1OC(O)[C@@H]2OC(=O)C=C2[C@@H]1O. The summed E-state index contributed by atoms with van der Waals surface area (Å²) in [4.78, 5) is 22.2. The monoisotopic (exact) mass is 230 g/mol. The Morgan fingerprint density at radius 3 is 2.81 bits per heavy atom. The third-order valence-corrected chi connectivity index (χ3v) is 2.46. The van der Waals surface area contributed by atoms with Gasteiger partial charge in [-0.15, -0.1) is 0 Å². The average Bonchev–Trinajstić information content (AvgIpc) is 2.65. The molecular weight excluding hydrogens is 220 g/mol. The molecule has 88 valence electrons. The zero-order valence-corrected chi connectivity index (χ0v) is 8.32. The van der Waals surface area contributed by atoms with E-state index in [-0.39, 0.29) is 5.57 Å². The number of methoxy groups -OCH3 is 1. The van der Waals surface area contributed by atoms with Crippen LogP contribution >= 0.6 is 0 Å². The number of carbonyl (C=O) groups excluding carboxylic acids is 2. The van der Waals surface area contributed by atoms with Crippen LogP contribution in [0.1, 0.15) is 0 Å². The van der Waals surface area contributed by atoms with Crippen LogP contribution in [-0.2, 0) is 23.8 Å². The highest BCUT2D eigenvalue weighted by Crippen LogP contribution is 2.31. The Morgan fingerprint density at radius 2 is 2.19 bits per heavy atom. The second kappa shape index (κ2) is 3.85. The van der Waals surface area contributed by atoms with Gasteiger partial charge in [0.25, 0.3) is 0 Å². The molecule has 0 bridgehead atoms. The van der Waals surface area contributed by atoms with Crippen molar-refractivity contribution in [2.75, 3.05) is 7.11 Å². The van der Waals surface area contributed by atoms with Crippen LogP contribution in [0.4, 0.5) is 0 Å². The van der Waals surface area contributed by atoms with E-state index in [1.165, 1.54) is 0 Å². The first-order chi connectivity index (χ1) is 7.54. The molecule has 2 aliphatic rings. The second-order valence-electron chi connectivity index (χ2n) is 3.42. The Hall–Kier alpha value is -1.44. The maximum absolute atomic E-state index is 11.2. The molecule has 1 saturated heterocycles. The summed E-state index contributed by atoms with van der Waals surface area (Å²) in [6, 6.07) is 0. The van der Waals surface area contributed by atoms with Gasteiger partial charge in [0, 0.05) is 11.6 Å². The summed E-state index contributed by atoms with van der Waals surface area (Å²) >= 11 is 0. The first-order valence-corrected chi connectivity index (χ1v) is 4.56. The zero-order chi connectivity index (χ0) is 11.9. The Bertz CT molecular complexity index is 361. The largest absolute Gasteiger partial charge is 0.467 e. The minimum atomic E-state index is -1.48. The van der Waals surface area contributed by atoms with Gasteiger partial charge in [0.1, 0.15) is 6.10 Å². The molecule has 7 heteroatoms. The van der Waals surface area contributed by atoms with E-state index in [4.69, 9.17) is 9.47 Å². The number of rotatable bonds is 1. The summed E-state index contributed by atoms with van der Waals surface area (Å²) < 4.78 is 13.9. The van der Waals surface area contributed by atoms with Gasteiger partial charge in [-0.3, -0.25) is 0 Å². The molecule has 2 rings (SSSR count). The second-order valence-corrected chi connectivity index (χ2v) is 3.42. The van der Waals surface area contributed by atoms with E-state index < -0.39 is 36.5 Å². The average molecular weight is 230 g/mol. The summed E-state index contributed by atoms with van der Waals surface area (Å²) in [5.74, 6) is -1.52. The molecule has 1 fully saturated rings. The van der Waals surface area contributed by atoms with E-state index in [2.05, 4.69) is 4.74 Å². The van der Waals surface area contributed by atoms with Crippen LogP contribution in [-0.4, -0.2) is 53.9 Å². The van der Waals surface area contributed by atoms with Crippen molar-refractivity contribution in [1.29, 1.82) is 0 Å². The third-order valence-electron chi connectivity index (χ3n) is 2.46. The van der Waals surface area contributed by atoms with Crippen molar-refractivity contribution in [3.8, 4) is 0 Å². The maximum Gasteiger partial charge on any atom is 0.338 e. The Labute approximate surface area is 90.2 Å². The molecular formula is C9H10O7. The van der Waals surface area contributed by atoms with Crippen molar-refractivity contribution in [3.05, 3.63) is 11.6 Å². The maximum atomic E-state index is 11.2. The first-order valence-electron chi connectivity index (χ1n) is 4.56. The molecule has 0 aliphatic carbocycles. The fraction of sp³-hybridized carbons (Fsp3) is 0.556. The number of hydrogen-bond donors (Lipinski definition) is 2. The van der Waals surface area contributed by atoms with E-state index in [1.54, 1.807) is 0 Å². The van der Waals surface area contributed by atoms with Crippen LogP contribution in [0.3, 0.4) is 0 Å².